The molecule has 1 aliphatic carbocycles. The van der Waals surface area contributed by atoms with Crippen LogP contribution in [0.3, 0.4) is 0 Å². The van der Waals surface area contributed by atoms with E-state index in [1.165, 1.54) is 70.4 Å². The Kier molecular flexibility index (Phi) is 13.6. The maximum Gasteiger partial charge on any atom is 0.341 e. The molecule has 0 unspecified atom stereocenters. The van der Waals surface area contributed by atoms with Gasteiger partial charge in [0.1, 0.15) is 12.2 Å². The molecule has 0 atom stereocenters. The average molecular weight is 457 g/mol. The number of hydrogen-bond acceptors (Lipinski definition) is 5. The van der Waals surface area contributed by atoms with Gasteiger partial charge in [-0.3, -0.25) is 0 Å². The molecule has 5 nitrogen and oxygen atoms in total. The molecular formula is C28H44N2O3. The normalized spacial score (nSPS) is 18.0. The Labute approximate surface area is 201 Å². The first kappa shape index (κ1) is 27.2. The molecule has 5 heteroatoms. The number of nitriles is 1. The number of hydrogen-bond donors (Lipinski definition) is 0. The topological polar surface area (TPSA) is 72.2 Å². The SMILES string of the molecule is CCCCCCCCOc1cc(C#N)c(C(=O)OC2CCC(CCCCCCC)CC2)cn1. The number of ether oxygens (including phenoxy) is 2. The van der Waals surface area contributed by atoms with Crippen molar-refractivity contribution in [2.45, 2.75) is 123 Å². The third-order valence-corrected chi connectivity index (χ3v) is 6.75. The minimum Gasteiger partial charge on any atom is -0.478 e. The first-order chi connectivity index (χ1) is 16.2. The first-order valence-corrected chi connectivity index (χ1v) is 13.4. The number of carbonyl (C=O) groups is 1. The summed E-state index contributed by atoms with van der Waals surface area (Å²) in [7, 11) is 0. The molecule has 0 N–H and O–H groups in total. The second-order valence-corrected chi connectivity index (χ2v) is 9.55. The fraction of sp³-hybridized carbons (Fsp3) is 0.750. The van der Waals surface area contributed by atoms with Crippen LogP contribution < -0.4 is 4.74 Å². The van der Waals surface area contributed by atoms with Gasteiger partial charge in [0.05, 0.1) is 17.7 Å². The molecule has 1 aromatic rings. The molecule has 0 radical (unpaired) electrons. The third kappa shape index (κ3) is 10.6. The summed E-state index contributed by atoms with van der Waals surface area (Å²) in [6.45, 7) is 5.04. The second kappa shape index (κ2) is 16.5. The highest BCUT2D eigenvalue weighted by molar-refractivity contribution is 5.92. The zero-order chi connectivity index (χ0) is 23.7. The van der Waals surface area contributed by atoms with Crippen LogP contribution in [0, 0.1) is 17.2 Å². The Bertz CT molecular complexity index is 720. The lowest BCUT2D eigenvalue weighted by atomic mass is 9.84. The standard InChI is InChI=1S/C28H44N2O3/c1-3-5-7-9-11-13-19-32-27-20-24(21-29)26(22-30-27)28(31)33-25-17-15-23(16-18-25)14-12-10-8-6-4-2/h20,22-23,25H,3-19H2,1-2H3. The second-order valence-electron chi connectivity index (χ2n) is 9.55. The van der Waals surface area contributed by atoms with Crippen molar-refractivity contribution in [2.24, 2.45) is 5.92 Å². The van der Waals surface area contributed by atoms with Gasteiger partial charge in [-0.15, -0.1) is 0 Å². The molecule has 1 aromatic heterocycles. The van der Waals surface area contributed by atoms with E-state index in [0.29, 0.717) is 12.5 Å². The van der Waals surface area contributed by atoms with Crippen LogP contribution in [0.2, 0.25) is 0 Å². The largest absolute Gasteiger partial charge is 0.478 e. The summed E-state index contributed by atoms with van der Waals surface area (Å²) in [5.41, 5.74) is 0.510. The van der Waals surface area contributed by atoms with Crippen LogP contribution >= 0.6 is 0 Å². The quantitative estimate of drug-likeness (QED) is 0.188. The maximum absolute atomic E-state index is 12.7. The van der Waals surface area contributed by atoms with Crippen LogP contribution in [0.15, 0.2) is 12.3 Å². The van der Waals surface area contributed by atoms with E-state index in [2.05, 4.69) is 24.9 Å². The van der Waals surface area contributed by atoms with E-state index in [1.807, 2.05) is 0 Å². The Morgan fingerprint density at radius 2 is 1.61 bits per heavy atom. The van der Waals surface area contributed by atoms with E-state index in [-0.39, 0.29) is 17.2 Å². The van der Waals surface area contributed by atoms with Crippen LogP contribution in [0.25, 0.3) is 0 Å². The fourth-order valence-electron chi connectivity index (χ4n) is 4.62. The number of rotatable bonds is 16. The van der Waals surface area contributed by atoms with E-state index in [9.17, 15) is 10.1 Å². The van der Waals surface area contributed by atoms with Crippen LogP contribution in [0.1, 0.15) is 133 Å². The Morgan fingerprint density at radius 3 is 2.27 bits per heavy atom. The van der Waals surface area contributed by atoms with Crippen LogP contribution in [-0.2, 0) is 4.74 Å². The van der Waals surface area contributed by atoms with Gasteiger partial charge in [-0.25, -0.2) is 9.78 Å². The number of unbranched alkanes of at least 4 members (excludes halogenated alkanes) is 9. The lowest BCUT2D eigenvalue weighted by Crippen LogP contribution is -2.25. The summed E-state index contributed by atoms with van der Waals surface area (Å²) in [4.78, 5) is 16.9. The molecule has 0 aliphatic heterocycles. The molecule has 0 saturated heterocycles. The lowest BCUT2D eigenvalue weighted by Gasteiger charge is -2.28. The predicted molar refractivity (Wildman–Crippen MR) is 132 cm³/mol. The van der Waals surface area contributed by atoms with Crippen molar-refractivity contribution in [1.82, 2.24) is 4.98 Å². The van der Waals surface area contributed by atoms with Crippen molar-refractivity contribution in [2.75, 3.05) is 6.61 Å². The summed E-state index contributed by atoms with van der Waals surface area (Å²) in [5, 5.41) is 9.52. The van der Waals surface area contributed by atoms with Gasteiger partial charge in [0.2, 0.25) is 5.88 Å². The molecule has 1 heterocycles. The molecular weight excluding hydrogens is 412 g/mol. The van der Waals surface area contributed by atoms with Gasteiger partial charge in [-0.1, -0.05) is 84.5 Å². The predicted octanol–water partition coefficient (Wildman–Crippen LogP) is 7.77. The zero-order valence-corrected chi connectivity index (χ0v) is 20.9. The number of esters is 1. The number of aromatic nitrogens is 1. The highest BCUT2D eigenvalue weighted by Gasteiger charge is 2.25. The molecule has 0 spiro atoms. The minimum absolute atomic E-state index is 0.0518. The van der Waals surface area contributed by atoms with E-state index >= 15 is 0 Å². The minimum atomic E-state index is -0.440. The number of nitrogens with zero attached hydrogens (tertiary/aromatic N) is 2. The van der Waals surface area contributed by atoms with E-state index in [1.54, 1.807) is 6.07 Å². The van der Waals surface area contributed by atoms with Crippen molar-refractivity contribution in [3.63, 3.8) is 0 Å². The van der Waals surface area contributed by atoms with Gasteiger partial charge in [0.25, 0.3) is 0 Å². The van der Waals surface area contributed by atoms with Crippen molar-refractivity contribution in [3.8, 4) is 11.9 Å². The molecule has 2 rings (SSSR count). The van der Waals surface area contributed by atoms with Crippen LogP contribution in [0.4, 0.5) is 0 Å². The van der Waals surface area contributed by atoms with Crippen LogP contribution in [0.5, 0.6) is 5.88 Å². The molecule has 1 aliphatic rings. The molecule has 0 aromatic carbocycles. The summed E-state index contributed by atoms with van der Waals surface area (Å²) in [6.07, 6.45) is 20.5. The highest BCUT2D eigenvalue weighted by atomic mass is 16.5. The molecule has 0 amide bonds. The molecule has 1 fully saturated rings. The number of carbonyl (C=O) groups excluding carboxylic acids is 1. The Morgan fingerprint density at radius 1 is 0.970 bits per heavy atom. The van der Waals surface area contributed by atoms with Gasteiger partial charge in [0.15, 0.2) is 0 Å². The summed E-state index contributed by atoms with van der Waals surface area (Å²) in [5.74, 6) is 0.724. The first-order valence-electron chi connectivity index (χ1n) is 13.4. The number of pyridine rings is 1. The van der Waals surface area contributed by atoms with E-state index in [4.69, 9.17) is 9.47 Å². The van der Waals surface area contributed by atoms with Gasteiger partial charge < -0.3 is 9.47 Å². The molecule has 1 saturated carbocycles. The van der Waals surface area contributed by atoms with E-state index < -0.39 is 5.97 Å². The summed E-state index contributed by atoms with van der Waals surface area (Å²) < 4.78 is 11.4. The Balaban J connectivity index is 1.72. The van der Waals surface area contributed by atoms with Crippen molar-refractivity contribution in [3.05, 3.63) is 23.4 Å². The average Bonchev–Trinajstić information content (AvgIpc) is 2.84. The van der Waals surface area contributed by atoms with E-state index in [0.717, 1.165) is 44.4 Å². The summed E-state index contributed by atoms with van der Waals surface area (Å²) in [6, 6.07) is 3.66. The Hall–Kier alpha value is -2.09. The fourth-order valence-corrected chi connectivity index (χ4v) is 4.62. The molecule has 33 heavy (non-hydrogen) atoms. The van der Waals surface area contributed by atoms with Gasteiger partial charge in [-0.2, -0.15) is 5.26 Å². The zero-order valence-electron chi connectivity index (χ0n) is 20.9. The molecule has 184 valence electrons. The third-order valence-electron chi connectivity index (χ3n) is 6.75. The summed E-state index contributed by atoms with van der Waals surface area (Å²) >= 11 is 0. The lowest BCUT2D eigenvalue weighted by molar-refractivity contribution is 0.0160. The smallest absolute Gasteiger partial charge is 0.341 e. The highest BCUT2D eigenvalue weighted by Crippen LogP contribution is 2.31. The van der Waals surface area contributed by atoms with Crippen molar-refractivity contribution >= 4 is 5.97 Å². The van der Waals surface area contributed by atoms with Gasteiger partial charge >= 0.3 is 5.97 Å². The monoisotopic (exact) mass is 456 g/mol. The molecule has 0 bridgehead atoms. The van der Waals surface area contributed by atoms with Crippen LogP contribution in [-0.4, -0.2) is 23.7 Å². The van der Waals surface area contributed by atoms with Crippen molar-refractivity contribution in [1.29, 1.82) is 5.26 Å². The van der Waals surface area contributed by atoms with Crippen molar-refractivity contribution < 1.29 is 14.3 Å². The van der Waals surface area contributed by atoms with Gasteiger partial charge in [-0.05, 0) is 38.0 Å². The van der Waals surface area contributed by atoms with Gasteiger partial charge in [0, 0.05) is 12.3 Å². The maximum atomic E-state index is 12.7.